The molecule has 0 saturated heterocycles. The van der Waals surface area contributed by atoms with Crippen molar-refractivity contribution in [1.82, 2.24) is 10.4 Å². The number of esters is 1. The highest BCUT2D eigenvalue weighted by atomic mass is 16.5. The first kappa shape index (κ1) is 19.6. The van der Waals surface area contributed by atoms with Gasteiger partial charge in [0.2, 0.25) is 6.29 Å². The molecule has 1 amide bonds. The molecule has 0 aromatic carbocycles. The molecule has 21 heavy (non-hydrogen) atoms. The van der Waals surface area contributed by atoms with Gasteiger partial charge in [0.15, 0.2) is 0 Å². The Hall–Kier alpha value is -1.43. The van der Waals surface area contributed by atoms with Crippen LogP contribution in [0, 0.1) is 5.92 Å². The Bertz CT molecular complexity index is 332. The van der Waals surface area contributed by atoms with Gasteiger partial charge in [-0.05, 0) is 18.8 Å². The summed E-state index contributed by atoms with van der Waals surface area (Å²) in [6.45, 7) is 6.46. The number of nitrogens with zero attached hydrogens (tertiary/aromatic N) is 1. The van der Waals surface area contributed by atoms with E-state index in [0.29, 0.717) is 13.0 Å². The number of amides is 1. The maximum atomic E-state index is 11.8. The minimum absolute atomic E-state index is 0.259. The average Bonchev–Trinajstić information content (AvgIpc) is 2.47. The number of carbonyl (C=O) groups excluding carboxylic acids is 3. The lowest BCUT2D eigenvalue weighted by Crippen LogP contribution is -2.52. The molecule has 6 nitrogen and oxygen atoms in total. The Labute approximate surface area is 127 Å². The summed E-state index contributed by atoms with van der Waals surface area (Å²) in [4.78, 5) is 34.1. The summed E-state index contributed by atoms with van der Waals surface area (Å²) in [5, 5.41) is 1.23. The topological polar surface area (TPSA) is 75.7 Å². The van der Waals surface area contributed by atoms with Crippen molar-refractivity contribution in [2.45, 2.75) is 58.9 Å². The Morgan fingerprint density at radius 1 is 1.24 bits per heavy atom. The van der Waals surface area contributed by atoms with E-state index in [1.807, 2.05) is 13.8 Å². The smallest absolute Gasteiger partial charge is 0.324 e. The molecular formula is C15H28N2O4. The van der Waals surface area contributed by atoms with Crippen molar-refractivity contribution >= 4 is 18.2 Å². The summed E-state index contributed by atoms with van der Waals surface area (Å²) < 4.78 is 4.74. The maximum absolute atomic E-state index is 11.8. The summed E-state index contributed by atoms with van der Waals surface area (Å²) in [5.41, 5.74) is 2.84. The van der Waals surface area contributed by atoms with E-state index in [2.05, 4.69) is 12.3 Å². The highest BCUT2D eigenvalue weighted by molar-refractivity contribution is 6.23. The van der Waals surface area contributed by atoms with Gasteiger partial charge >= 0.3 is 11.9 Å². The van der Waals surface area contributed by atoms with Crippen LogP contribution in [0.1, 0.15) is 52.9 Å². The van der Waals surface area contributed by atoms with Crippen LogP contribution in [0.25, 0.3) is 0 Å². The van der Waals surface area contributed by atoms with E-state index >= 15 is 0 Å². The molecule has 0 aliphatic rings. The second-order valence-electron chi connectivity index (χ2n) is 5.50. The Balaban J connectivity index is 4.67. The fourth-order valence-electron chi connectivity index (χ4n) is 2.00. The van der Waals surface area contributed by atoms with Gasteiger partial charge in [0.05, 0.1) is 7.11 Å². The molecule has 0 heterocycles. The number of hydrazine groups is 1. The molecule has 0 aromatic heterocycles. The van der Waals surface area contributed by atoms with Crippen molar-refractivity contribution in [1.29, 1.82) is 0 Å². The molecular weight excluding hydrogens is 272 g/mol. The van der Waals surface area contributed by atoms with Gasteiger partial charge in [-0.1, -0.05) is 40.0 Å². The van der Waals surface area contributed by atoms with Gasteiger partial charge in [-0.15, -0.1) is 0 Å². The summed E-state index contributed by atoms with van der Waals surface area (Å²) in [6, 6.07) is -0.620. The minimum atomic E-state index is -0.663. The predicted molar refractivity (Wildman–Crippen MR) is 80.3 cm³/mol. The molecule has 0 rings (SSSR count). The third kappa shape index (κ3) is 8.45. The fourth-order valence-corrected chi connectivity index (χ4v) is 2.00. The highest BCUT2D eigenvalue weighted by Crippen LogP contribution is 2.08. The second kappa shape index (κ2) is 11.3. The largest absolute Gasteiger partial charge is 0.468 e. The number of nitrogens with one attached hydrogen (secondary N) is 1. The van der Waals surface area contributed by atoms with Gasteiger partial charge in [0.25, 0.3) is 0 Å². The molecule has 122 valence electrons. The van der Waals surface area contributed by atoms with Crippen LogP contribution in [0.2, 0.25) is 0 Å². The predicted octanol–water partition coefficient (Wildman–Crippen LogP) is 1.69. The first-order valence-corrected chi connectivity index (χ1v) is 7.56. The number of rotatable bonds is 11. The number of hydrogen-bond acceptors (Lipinski definition) is 5. The molecule has 0 radical (unpaired) electrons. The summed E-state index contributed by atoms with van der Waals surface area (Å²) in [6.07, 6.45) is 4.73. The van der Waals surface area contributed by atoms with Crippen LogP contribution in [-0.2, 0) is 19.1 Å². The SMILES string of the molecule is CCCCCCN(N[C@@H](CC(C)C)C(=O)OC)C(=O)C=O. The zero-order valence-electron chi connectivity index (χ0n) is 13.6. The van der Waals surface area contributed by atoms with Crippen LogP contribution < -0.4 is 5.43 Å². The Morgan fingerprint density at radius 2 is 1.90 bits per heavy atom. The molecule has 1 N–H and O–H groups in total. The van der Waals surface area contributed by atoms with Crippen LogP contribution in [-0.4, -0.2) is 42.9 Å². The van der Waals surface area contributed by atoms with Gasteiger partial charge in [-0.2, -0.15) is 0 Å². The lowest BCUT2D eigenvalue weighted by Gasteiger charge is -2.27. The Kier molecular flexibility index (Phi) is 10.5. The monoisotopic (exact) mass is 300 g/mol. The lowest BCUT2D eigenvalue weighted by atomic mass is 10.0. The minimum Gasteiger partial charge on any atom is -0.468 e. The van der Waals surface area contributed by atoms with E-state index in [4.69, 9.17) is 4.74 Å². The number of carbonyl (C=O) groups is 3. The van der Waals surface area contributed by atoms with E-state index in [1.54, 1.807) is 0 Å². The standard InChI is InChI=1S/C15H28N2O4/c1-5-6-7-8-9-17(14(19)11-18)16-13(10-12(2)3)15(20)21-4/h11-13,16H,5-10H2,1-4H3/t13-/m0/s1. The quantitative estimate of drug-likeness (QED) is 0.207. The van der Waals surface area contributed by atoms with Crippen molar-refractivity contribution in [3.05, 3.63) is 0 Å². The molecule has 0 aliphatic heterocycles. The van der Waals surface area contributed by atoms with Crippen molar-refractivity contribution in [2.75, 3.05) is 13.7 Å². The van der Waals surface area contributed by atoms with Crippen LogP contribution in [0.15, 0.2) is 0 Å². The third-order valence-corrected chi connectivity index (χ3v) is 3.11. The third-order valence-electron chi connectivity index (χ3n) is 3.11. The summed E-state index contributed by atoms with van der Waals surface area (Å²) in [5.74, 6) is -0.833. The first-order valence-electron chi connectivity index (χ1n) is 7.56. The first-order chi connectivity index (χ1) is 9.96. The van der Waals surface area contributed by atoms with Crippen LogP contribution in [0.5, 0.6) is 0 Å². The highest BCUT2D eigenvalue weighted by Gasteiger charge is 2.24. The molecule has 0 fully saturated rings. The fraction of sp³-hybridized carbons (Fsp3) is 0.800. The molecule has 1 atom stereocenters. The number of aldehydes is 1. The van der Waals surface area contributed by atoms with Crippen molar-refractivity contribution < 1.29 is 19.1 Å². The van der Waals surface area contributed by atoms with Crippen LogP contribution in [0.4, 0.5) is 0 Å². The van der Waals surface area contributed by atoms with E-state index in [-0.39, 0.29) is 12.2 Å². The average molecular weight is 300 g/mol. The maximum Gasteiger partial charge on any atom is 0.324 e. The number of hydrogen-bond donors (Lipinski definition) is 1. The summed E-state index contributed by atoms with van der Waals surface area (Å²) in [7, 11) is 1.31. The molecule has 0 aromatic rings. The zero-order chi connectivity index (χ0) is 16.3. The van der Waals surface area contributed by atoms with Crippen LogP contribution >= 0.6 is 0 Å². The molecule has 6 heteroatoms. The summed E-state index contributed by atoms with van der Waals surface area (Å²) >= 11 is 0. The molecule has 0 unspecified atom stereocenters. The van der Waals surface area contributed by atoms with Crippen LogP contribution in [0.3, 0.4) is 0 Å². The van der Waals surface area contributed by atoms with E-state index in [1.165, 1.54) is 12.1 Å². The van der Waals surface area contributed by atoms with Gasteiger partial charge in [-0.3, -0.25) is 19.4 Å². The van der Waals surface area contributed by atoms with Gasteiger partial charge in [0, 0.05) is 6.54 Å². The van der Waals surface area contributed by atoms with E-state index in [0.717, 1.165) is 25.7 Å². The normalized spacial score (nSPS) is 12.0. The van der Waals surface area contributed by atoms with Gasteiger partial charge in [0.1, 0.15) is 6.04 Å². The van der Waals surface area contributed by atoms with Crippen molar-refractivity contribution in [3.8, 4) is 0 Å². The number of ether oxygens (including phenoxy) is 1. The number of unbranched alkanes of at least 4 members (excludes halogenated alkanes) is 3. The lowest BCUT2D eigenvalue weighted by molar-refractivity contribution is -0.149. The molecule has 0 saturated carbocycles. The van der Waals surface area contributed by atoms with E-state index in [9.17, 15) is 14.4 Å². The molecule has 0 spiro atoms. The van der Waals surface area contributed by atoms with Gasteiger partial charge in [-0.25, -0.2) is 5.43 Å². The Morgan fingerprint density at radius 3 is 2.38 bits per heavy atom. The van der Waals surface area contributed by atoms with Crippen molar-refractivity contribution in [3.63, 3.8) is 0 Å². The zero-order valence-corrected chi connectivity index (χ0v) is 13.6. The molecule has 0 aliphatic carbocycles. The van der Waals surface area contributed by atoms with E-state index < -0.39 is 17.9 Å². The second-order valence-corrected chi connectivity index (χ2v) is 5.50. The van der Waals surface area contributed by atoms with Gasteiger partial charge < -0.3 is 4.74 Å². The molecule has 0 bridgehead atoms. The van der Waals surface area contributed by atoms with Crippen molar-refractivity contribution in [2.24, 2.45) is 5.92 Å². The number of methoxy groups -OCH3 is 1.